The van der Waals surface area contributed by atoms with Gasteiger partial charge >= 0.3 is 0 Å². The first-order valence-corrected chi connectivity index (χ1v) is 12.3. The lowest BCUT2D eigenvalue weighted by molar-refractivity contribution is -0.119. The Hall–Kier alpha value is -3.04. The van der Waals surface area contributed by atoms with E-state index in [0.717, 1.165) is 28.5 Å². The van der Waals surface area contributed by atoms with Crippen molar-refractivity contribution in [3.63, 3.8) is 0 Å². The Bertz CT molecular complexity index is 1100. The van der Waals surface area contributed by atoms with E-state index in [1.54, 1.807) is 7.11 Å². The number of thioether (sulfide) groups is 1. The van der Waals surface area contributed by atoms with Gasteiger partial charge in [-0.05, 0) is 23.6 Å². The molecule has 0 radical (unpaired) electrons. The molecule has 0 fully saturated rings. The lowest BCUT2D eigenvalue weighted by Gasteiger charge is -2.25. The minimum absolute atomic E-state index is 0.0684. The molecular formula is C25H30N4O4S. The first-order valence-electron chi connectivity index (χ1n) is 11.4. The molecule has 0 unspecified atom stereocenters. The summed E-state index contributed by atoms with van der Waals surface area (Å²) in [7, 11) is 1.66. The molecule has 8 nitrogen and oxygen atoms in total. The zero-order chi connectivity index (χ0) is 23.9. The van der Waals surface area contributed by atoms with Crippen LogP contribution in [0.5, 0.6) is 11.5 Å². The van der Waals surface area contributed by atoms with E-state index in [1.165, 1.54) is 11.8 Å². The highest BCUT2D eigenvalue weighted by atomic mass is 32.2. The van der Waals surface area contributed by atoms with Crippen molar-refractivity contribution >= 4 is 17.7 Å². The molecule has 0 saturated carbocycles. The fourth-order valence-corrected chi connectivity index (χ4v) is 4.59. The zero-order valence-electron chi connectivity index (χ0n) is 19.7. The summed E-state index contributed by atoms with van der Waals surface area (Å²) >= 11 is 1.37. The third-order valence-electron chi connectivity index (χ3n) is 5.51. The van der Waals surface area contributed by atoms with Gasteiger partial charge in [0, 0.05) is 12.7 Å². The number of rotatable bonds is 10. The van der Waals surface area contributed by atoms with Gasteiger partial charge in [-0.3, -0.25) is 9.36 Å². The van der Waals surface area contributed by atoms with Crippen molar-refractivity contribution < 1.29 is 19.0 Å². The van der Waals surface area contributed by atoms with Crippen molar-refractivity contribution in [3.05, 3.63) is 54.1 Å². The van der Waals surface area contributed by atoms with Gasteiger partial charge in [-0.2, -0.15) is 0 Å². The molecule has 0 aliphatic carbocycles. The average molecular weight is 483 g/mol. The number of benzene rings is 2. The summed E-state index contributed by atoms with van der Waals surface area (Å²) in [5.41, 5.74) is 1.97. The van der Waals surface area contributed by atoms with E-state index in [4.69, 9.17) is 14.2 Å². The van der Waals surface area contributed by atoms with Crippen LogP contribution < -0.4 is 14.8 Å². The van der Waals surface area contributed by atoms with Crippen molar-refractivity contribution in [3.8, 4) is 22.9 Å². The maximum Gasteiger partial charge on any atom is 0.230 e. The Balaban J connectivity index is 1.45. The van der Waals surface area contributed by atoms with Crippen LogP contribution >= 0.6 is 11.8 Å². The highest BCUT2D eigenvalue weighted by molar-refractivity contribution is 7.99. The maximum absolute atomic E-state index is 12.9. The van der Waals surface area contributed by atoms with Crippen LogP contribution in [-0.4, -0.2) is 53.4 Å². The van der Waals surface area contributed by atoms with E-state index in [0.29, 0.717) is 31.5 Å². The van der Waals surface area contributed by atoms with E-state index < -0.39 is 0 Å². The number of aromatic nitrogens is 3. The smallest absolute Gasteiger partial charge is 0.230 e. The summed E-state index contributed by atoms with van der Waals surface area (Å²) in [6.45, 7) is 6.38. The number of fused-ring (bicyclic) bond motifs is 1. The molecule has 180 valence electrons. The molecular weight excluding hydrogens is 452 g/mol. The van der Waals surface area contributed by atoms with Gasteiger partial charge in [0.2, 0.25) is 5.91 Å². The van der Waals surface area contributed by atoms with E-state index in [2.05, 4.69) is 29.4 Å². The quantitative estimate of drug-likeness (QED) is 0.438. The second kappa shape index (κ2) is 11.4. The molecule has 0 spiro atoms. The van der Waals surface area contributed by atoms with Crippen LogP contribution in [0.3, 0.4) is 0 Å². The fourth-order valence-electron chi connectivity index (χ4n) is 3.81. The molecule has 9 heteroatoms. The predicted molar refractivity (Wildman–Crippen MR) is 131 cm³/mol. The minimum atomic E-state index is -0.143. The van der Waals surface area contributed by atoms with E-state index in [-0.39, 0.29) is 23.6 Å². The first-order chi connectivity index (χ1) is 16.6. The third-order valence-corrected chi connectivity index (χ3v) is 6.48. The Morgan fingerprint density at radius 1 is 1.12 bits per heavy atom. The predicted octanol–water partition coefficient (Wildman–Crippen LogP) is 3.97. The number of methoxy groups -OCH3 is 1. The molecule has 34 heavy (non-hydrogen) atoms. The summed E-state index contributed by atoms with van der Waals surface area (Å²) in [6.07, 6.45) is 0. The van der Waals surface area contributed by atoms with Gasteiger partial charge in [0.15, 0.2) is 22.5 Å². The second-order valence-corrected chi connectivity index (χ2v) is 9.24. The molecule has 1 aromatic heterocycles. The molecule has 3 aromatic rings. The van der Waals surface area contributed by atoms with Gasteiger partial charge in [0.1, 0.15) is 13.2 Å². The molecule has 0 bridgehead atoms. The molecule has 4 rings (SSSR count). The van der Waals surface area contributed by atoms with Crippen LogP contribution in [0, 0.1) is 5.92 Å². The molecule has 1 aliphatic rings. The summed E-state index contributed by atoms with van der Waals surface area (Å²) in [6, 6.07) is 15.6. The molecule has 2 heterocycles. The SMILES string of the molecule is COCCn1c(SCC(=O)N[C@@H](c2ccc3c(c2)OCCO3)C(C)C)nnc1-c1ccccc1. The van der Waals surface area contributed by atoms with Gasteiger partial charge in [-0.15, -0.1) is 10.2 Å². The average Bonchev–Trinajstić information content (AvgIpc) is 3.27. The number of nitrogens with one attached hydrogen (secondary N) is 1. The fraction of sp³-hybridized carbons (Fsp3) is 0.400. The van der Waals surface area contributed by atoms with Crippen LogP contribution in [0.1, 0.15) is 25.5 Å². The number of ether oxygens (including phenoxy) is 3. The topological polar surface area (TPSA) is 87.5 Å². The van der Waals surface area contributed by atoms with Crippen LogP contribution in [0.2, 0.25) is 0 Å². The summed E-state index contributed by atoms with van der Waals surface area (Å²) in [4.78, 5) is 12.9. The van der Waals surface area contributed by atoms with Crippen LogP contribution in [0.25, 0.3) is 11.4 Å². The normalized spacial score (nSPS) is 13.6. The minimum Gasteiger partial charge on any atom is -0.486 e. The van der Waals surface area contributed by atoms with Crippen LogP contribution in [-0.2, 0) is 16.1 Å². The Labute approximate surface area is 204 Å². The molecule has 0 saturated heterocycles. The summed E-state index contributed by atoms with van der Waals surface area (Å²) in [5, 5.41) is 12.6. The van der Waals surface area contributed by atoms with E-state index in [9.17, 15) is 4.79 Å². The molecule has 1 atom stereocenters. The molecule has 1 N–H and O–H groups in total. The highest BCUT2D eigenvalue weighted by Gasteiger charge is 2.22. The number of carbonyl (C=O) groups is 1. The van der Waals surface area contributed by atoms with Gasteiger partial charge in [-0.25, -0.2) is 0 Å². The lowest BCUT2D eigenvalue weighted by atomic mass is 9.95. The largest absolute Gasteiger partial charge is 0.486 e. The van der Waals surface area contributed by atoms with Crippen molar-refractivity contribution in [2.24, 2.45) is 5.92 Å². The lowest BCUT2D eigenvalue weighted by Crippen LogP contribution is -2.33. The second-order valence-electron chi connectivity index (χ2n) is 8.30. The van der Waals surface area contributed by atoms with Crippen LogP contribution in [0.15, 0.2) is 53.7 Å². The summed E-state index contributed by atoms with van der Waals surface area (Å²) in [5.74, 6) is 2.58. The van der Waals surface area contributed by atoms with Crippen molar-refractivity contribution in [1.82, 2.24) is 20.1 Å². The van der Waals surface area contributed by atoms with Gasteiger partial charge in [0.25, 0.3) is 0 Å². The van der Waals surface area contributed by atoms with Crippen LogP contribution in [0.4, 0.5) is 0 Å². The number of hydrogen-bond acceptors (Lipinski definition) is 7. The Kier molecular flexibility index (Phi) is 8.08. The molecule has 2 aromatic carbocycles. The number of nitrogens with zero attached hydrogens (tertiary/aromatic N) is 3. The number of carbonyl (C=O) groups excluding carboxylic acids is 1. The number of amides is 1. The zero-order valence-corrected chi connectivity index (χ0v) is 20.5. The third kappa shape index (κ3) is 5.71. The maximum atomic E-state index is 12.9. The highest BCUT2D eigenvalue weighted by Crippen LogP contribution is 2.34. The Morgan fingerprint density at radius 2 is 1.88 bits per heavy atom. The Morgan fingerprint density at radius 3 is 2.62 bits per heavy atom. The van der Waals surface area contributed by atoms with Crippen molar-refractivity contribution in [1.29, 1.82) is 0 Å². The molecule has 1 amide bonds. The van der Waals surface area contributed by atoms with E-state index in [1.807, 2.05) is 53.1 Å². The first kappa shape index (κ1) is 24.1. The van der Waals surface area contributed by atoms with E-state index >= 15 is 0 Å². The van der Waals surface area contributed by atoms with Crippen molar-refractivity contribution in [2.45, 2.75) is 31.6 Å². The standard InChI is InChI=1S/C25H30N4O4S/c1-17(2)23(19-9-10-20-21(15-19)33-14-13-32-20)26-22(30)16-34-25-28-27-24(29(25)11-12-31-3)18-7-5-4-6-8-18/h4-10,15,17,23H,11-14,16H2,1-3H3,(H,26,30)/t23-/m1/s1. The molecule has 1 aliphatic heterocycles. The van der Waals surface area contributed by atoms with Crippen molar-refractivity contribution in [2.75, 3.05) is 32.7 Å². The monoisotopic (exact) mass is 482 g/mol. The van der Waals surface area contributed by atoms with Gasteiger partial charge in [-0.1, -0.05) is 62.0 Å². The number of hydrogen-bond donors (Lipinski definition) is 1. The van der Waals surface area contributed by atoms with Gasteiger partial charge in [0.05, 0.1) is 24.9 Å². The summed E-state index contributed by atoms with van der Waals surface area (Å²) < 4.78 is 18.6. The van der Waals surface area contributed by atoms with Gasteiger partial charge < -0.3 is 19.5 Å².